The number of nitrogens with two attached hydrogens (primary N) is 1. The van der Waals surface area contributed by atoms with Crippen molar-refractivity contribution in [2.75, 3.05) is 6.54 Å². The molecule has 12 heavy (non-hydrogen) atoms. The summed E-state index contributed by atoms with van der Waals surface area (Å²) < 4.78 is 0. The van der Waals surface area contributed by atoms with Gasteiger partial charge in [-0.3, -0.25) is 4.79 Å². The molecular weight excluding hydrogens is 154 g/mol. The van der Waals surface area contributed by atoms with Crippen LogP contribution in [-0.4, -0.2) is 18.5 Å². The van der Waals surface area contributed by atoms with Gasteiger partial charge >= 0.3 is 0 Å². The minimum atomic E-state index is -0.444. The zero-order valence-electron chi connectivity index (χ0n) is 7.34. The van der Waals surface area contributed by atoms with Crippen molar-refractivity contribution in [2.24, 2.45) is 5.73 Å². The number of nitrogens with zero attached hydrogens (tertiary/aromatic N) is 1. The van der Waals surface area contributed by atoms with E-state index in [2.05, 4.69) is 5.32 Å². The van der Waals surface area contributed by atoms with Crippen LogP contribution in [0.2, 0.25) is 0 Å². The number of carbonyl (C=O) groups excluding carboxylic acids is 1. The van der Waals surface area contributed by atoms with Crippen molar-refractivity contribution >= 4 is 5.91 Å². The molecule has 4 nitrogen and oxygen atoms in total. The molecular formula is C8H15N3O. The number of unbranched alkanes of at least 4 members (excludes halogenated alkanes) is 2. The van der Waals surface area contributed by atoms with Gasteiger partial charge in [0.2, 0.25) is 5.91 Å². The predicted molar refractivity (Wildman–Crippen MR) is 46.1 cm³/mol. The van der Waals surface area contributed by atoms with Crippen LogP contribution in [0.4, 0.5) is 0 Å². The second-order valence-corrected chi connectivity index (χ2v) is 2.69. The van der Waals surface area contributed by atoms with Crippen molar-refractivity contribution < 1.29 is 4.79 Å². The van der Waals surface area contributed by atoms with Crippen molar-refractivity contribution in [3.63, 3.8) is 0 Å². The first-order valence-electron chi connectivity index (χ1n) is 4.08. The monoisotopic (exact) mass is 169 g/mol. The summed E-state index contributed by atoms with van der Waals surface area (Å²) in [5.41, 5.74) is 5.31. The van der Waals surface area contributed by atoms with Gasteiger partial charge in [-0.2, -0.15) is 5.26 Å². The summed E-state index contributed by atoms with van der Waals surface area (Å²) in [6, 6.07) is 1.60. The number of nitrogens with one attached hydrogen (secondary N) is 1. The first-order chi connectivity index (χ1) is 5.68. The standard InChI is InChI=1S/C8H15N3O/c1-7(10)8(12)11-6-4-2-3-5-9/h7H,2-4,6,10H2,1H3,(H,11,12)/t7-/m0/s1. The smallest absolute Gasteiger partial charge is 0.236 e. The van der Waals surface area contributed by atoms with E-state index in [0.29, 0.717) is 13.0 Å². The Labute approximate surface area is 72.7 Å². The first kappa shape index (κ1) is 10.9. The van der Waals surface area contributed by atoms with Crippen LogP contribution in [0.1, 0.15) is 26.2 Å². The summed E-state index contributed by atoms with van der Waals surface area (Å²) in [7, 11) is 0. The fourth-order valence-electron chi connectivity index (χ4n) is 0.702. The lowest BCUT2D eigenvalue weighted by Crippen LogP contribution is -2.38. The lowest BCUT2D eigenvalue weighted by Gasteiger charge is -2.05. The minimum absolute atomic E-state index is 0.132. The lowest BCUT2D eigenvalue weighted by atomic mass is 10.2. The number of hydrogen-bond donors (Lipinski definition) is 2. The maximum absolute atomic E-state index is 10.9. The highest BCUT2D eigenvalue weighted by atomic mass is 16.2. The Morgan fingerprint density at radius 1 is 1.67 bits per heavy atom. The zero-order valence-corrected chi connectivity index (χ0v) is 7.34. The molecule has 0 fully saturated rings. The molecule has 0 aromatic carbocycles. The molecule has 4 heteroatoms. The van der Waals surface area contributed by atoms with Crippen LogP contribution in [0.3, 0.4) is 0 Å². The van der Waals surface area contributed by atoms with Crippen molar-refractivity contribution in [3.05, 3.63) is 0 Å². The van der Waals surface area contributed by atoms with Crippen LogP contribution in [0, 0.1) is 11.3 Å². The highest BCUT2D eigenvalue weighted by Crippen LogP contribution is 1.91. The van der Waals surface area contributed by atoms with Gasteiger partial charge in [0, 0.05) is 13.0 Å². The molecule has 0 rings (SSSR count). The Kier molecular flexibility index (Phi) is 6.02. The Balaban J connectivity index is 3.21. The van der Waals surface area contributed by atoms with Crippen molar-refractivity contribution in [1.29, 1.82) is 5.26 Å². The Morgan fingerprint density at radius 2 is 2.33 bits per heavy atom. The molecule has 3 N–H and O–H groups in total. The third kappa shape index (κ3) is 5.69. The van der Waals surface area contributed by atoms with Crippen LogP contribution < -0.4 is 11.1 Å². The highest BCUT2D eigenvalue weighted by Gasteiger charge is 2.04. The van der Waals surface area contributed by atoms with E-state index < -0.39 is 6.04 Å². The third-order valence-corrected chi connectivity index (χ3v) is 1.43. The molecule has 68 valence electrons. The number of nitriles is 1. The zero-order chi connectivity index (χ0) is 9.40. The average Bonchev–Trinajstić information content (AvgIpc) is 2.03. The summed E-state index contributed by atoms with van der Waals surface area (Å²) in [6.07, 6.45) is 2.22. The predicted octanol–water partition coefficient (Wildman–Crippen LogP) is 0.144. The summed E-state index contributed by atoms with van der Waals surface area (Å²) in [6.45, 7) is 2.26. The lowest BCUT2D eigenvalue weighted by molar-refractivity contribution is -0.121. The molecule has 0 aliphatic carbocycles. The normalized spacial score (nSPS) is 11.8. The van der Waals surface area contributed by atoms with Gasteiger partial charge in [-0.15, -0.1) is 0 Å². The van der Waals surface area contributed by atoms with Gasteiger partial charge in [-0.25, -0.2) is 0 Å². The molecule has 1 atom stereocenters. The van der Waals surface area contributed by atoms with E-state index in [1.807, 2.05) is 6.07 Å². The molecule has 0 aliphatic rings. The van der Waals surface area contributed by atoms with E-state index in [1.165, 1.54) is 0 Å². The van der Waals surface area contributed by atoms with Crippen LogP contribution in [0.15, 0.2) is 0 Å². The van der Waals surface area contributed by atoms with Gasteiger partial charge in [0.15, 0.2) is 0 Å². The number of amides is 1. The maximum atomic E-state index is 10.9. The van der Waals surface area contributed by atoms with E-state index in [9.17, 15) is 4.79 Å². The molecule has 0 heterocycles. The van der Waals surface area contributed by atoms with E-state index in [-0.39, 0.29) is 5.91 Å². The molecule has 0 bridgehead atoms. The van der Waals surface area contributed by atoms with E-state index in [0.717, 1.165) is 12.8 Å². The molecule has 0 saturated carbocycles. The number of rotatable bonds is 5. The number of carbonyl (C=O) groups is 1. The largest absolute Gasteiger partial charge is 0.355 e. The quantitative estimate of drug-likeness (QED) is 0.575. The molecule has 1 amide bonds. The SMILES string of the molecule is C[C@H](N)C(=O)NCCCCC#N. The second-order valence-electron chi connectivity index (χ2n) is 2.69. The molecule has 0 spiro atoms. The van der Waals surface area contributed by atoms with Gasteiger partial charge in [0.1, 0.15) is 0 Å². The highest BCUT2D eigenvalue weighted by molar-refractivity contribution is 5.80. The molecule has 0 aliphatic heterocycles. The van der Waals surface area contributed by atoms with Gasteiger partial charge in [-0.05, 0) is 19.8 Å². The van der Waals surface area contributed by atoms with E-state index >= 15 is 0 Å². The second kappa shape index (κ2) is 6.62. The van der Waals surface area contributed by atoms with Gasteiger partial charge in [-0.1, -0.05) is 0 Å². The van der Waals surface area contributed by atoms with Crippen molar-refractivity contribution in [2.45, 2.75) is 32.2 Å². The molecule has 0 aromatic heterocycles. The number of hydrogen-bond acceptors (Lipinski definition) is 3. The average molecular weight is 169 g/mol. The van der Waals surface area contributed by atoms with Crippen LogP contribution in [0.5, 0.6) is 0 Å². The summed E-state index contributed by atoms with van der Waals surface area (Å²) >= 11 is 0. The van der Waals surface area contributed by atoms with Crippen LogP contribution >= 0.6 is 0 Å². The van der Waals surface area contributed by atoms with E-state index in [1.54, 1.807) is 6.92 Å². The Morgan fingerprint density at radius 3 is 2.83 bits per heavy atom. The fraction of sp³-hybridized carbons (Fsp3) is 0.750. The summed E-state index contributed by atoms with van der Waals surface area (Å²) in [5, 5.41) is 10.9. The van der Waals surface area contributed by atoms with Gasteiger partial charge in [0.05, 0.1) is 12.1 Å². The molecule has 0 radical (unpaired) electrons. The van der Waals surface area contributed by atoms with Crippen molar-refractivity contribution in [1.82, 2.24) is 5.32 Å². The Hall–Kier alpha value is -1.08. The van der Waals surface area contributed by atoms with Crippen LogP contribution in [0.25, 0.3) is 0 Å². The molecule has 0 aromatic rings. The van der Waals surface area contributed by atoms with Crippen molar-refractivity contribution in [3.8, 4) is 6.07 Å². The maximum Gasteiger partial charge on any atom is 0.236 e. The first-order valence-corrected chi connectivity index (χ1v) is 4.08. The van der Waals surface area contributed by atoms with E-state index in [4.69, 9.17) is 11.0 Å². The minimum Gasteiger partial charge on any atom is -0.355 e. The topological polar surface area (TPSA) is 78.9 Å². The summed E-state index contributed by atoms with van der Waals surface area (Å²) in [5.74, 6) is -0.132. The summed E-state index contributed by atoms with van der Waals surface area (Å²) in [4.78, 5) is 10.9. The van der Waals surface area contributed by atoms with Gasteiger partial charge in [0.25, 0.3) is 0 Å². The Bertz CT molecular complexity index is 172. The van der Waals surface area contributed by atoms with Crippen LogP contribution in [-0.2, 0) is 4.79 Å². The van der Waals surface area contributed by atoms with Gasteiger partial charge < -0.3 is 11.1 Å². The third-order valence-electron chi connectivity index (χ3n) is 1.43. The fourth-order valence-corrected chi connectivity index (χ4v) is 0.702. The molecule has 0 saturated heterocycles. The molecule has 0 unspecified atom stereocenters.